The molecule has 3 aromatic rings. The van der Waals surface area contributed by atoms with Gasteiger partial charge in [0, 0.05) is 28.6 Å². The molecule has 11 heteroatoms. The van der Waals surface area contributed by atoms with E-state index < -0.39 is 42.4 Å². The number of rotatable bonds is 9. The van der Waals surface area contributed by atoms with Gasteiger partial charge in [-0.1, -0.05) is 23.7 Å². The van der Waals surface area contributed by atoms with Gasteiger partial charge >= 0.3 is 12.1 Å². The van der Waals surface area contributed by atoms with Crippen molar-refractivity contribution in [2.75, 3.05) is 13.7 Å². The molecule has 38 heavy (non-hydrogen) atoms. The van der Waals surface area contributed by atoms with Crippen LogP contribution in [-0.2, 0) is 16.0 Å². The molecule has 0 N–H and O–H groups in total. The van der Waals surface area contributed by atoms with E-state index in [9.17, 15) is 32.8 Å². The van der Waals surface area contributed by atoms with E-state index in [2.05, 4.69) is 0 Å². The molecule has 0 radical (unpaired) electrons. The second-order valence-corrected chi connectivity index (χ2v) is 8.63. The lowest BCUT2D eigenvalue weighted by Crippen LogP contribution is -2.33. The first kappa shape index (κ1) is 28.5. The minimum Gasteiger partial charge on any atom is -0.495 e. The molecule has 0 spiro atoms. The van der Waals surface area contributed by atoms with Crippen molar-refractivity contribution in [3.8, 4) is 22.9 Å². The van der Waals surface area contributed by atoms with Gasteiger partial charge in [0.25, 0.3) is 5.56 Å². The van der Waals surface area contributed by atoms with Gasteiger partial charge in [0.15, 0.2) is 5.78 Å². The van der Waals surface area contributed by atoms with Crippen LogP contribution in [0.15, 0.2) is 59.5 Å². The van der Waals surface area contributed by atoms with Crippen LogP contribution in [0.5, 0.6) is 5.75 Å². The summed E-state index contributed by atoms with van der Waals surface area (Å²) in [7, 11) is 1.25. The number of carbonyl (C=O) groups is 2. The molecule has 0 aliphatic heterocycles. The minimum absolute atomic E-state index is 0.0258. The summed E-state index contributed by atoms with van der Waals surface area (Å²) in [6.45, 7) is 1.82. The highest BCUT2D eigenvalue weighted by atomic mass is 35.5. The number of nitrogens with zero attached hydrogens (tertiary/aromatic N) is 2. The zero-order valence-electron chi connectivity index (χ0n) is 20.3. The van der Waals surface area contributed by atoms with Crippen LogP contribution in [0.4, 0.5) is 13.2 Å². The van der Waals surface area contributed by atoms with Crippen LogP contribution >= 0.6 is 11.6 Å². The summed E-state index contributed by atoms with van der Waals surface area (Å²) >= 11 is 6.05. The van der Waals surface area contributed by atoms with Crippen LogP contribution in [0, 0.1) is 11.3 Å². The number of benzene rings is 2. The maximum Gasteiger partial charge on any atom is 0.391 e. The van der Waals surface area contributed by atoms with Crippen molar-refractivity contribution < 1.29 is 32.2 Å². The predicted octanol–water partition coefficient (Wildman–Crippen LogP) is 5.53. The third-order valence-electron chi connectivity index (χ3n) is 5.63. The quantitative estimate of drug-likeness (QED) is 0.327. The van der Waals surface area contributed by atoms with E-state index in [0.717, 1.165) is 12.3 Å². The lowest BCUT2D eigenvalue weighted by molar-refractivity contribution is -0.151. The standard InChI is InChI=1S/C27H22ClF3N2O5/c1-3-38-26(36)17-6-4-16(5-7-17)10-23(34)22(13-27(29,30)31)33-15-24(37-2)21(12-25(33)35)20-11-19(28)9-8-18(20)14-32/h4-9,11-12,15,22H,3,10,13H2,1-2H3. The number of aromatic nitrogens is 1. The molecular weight excluding hydrogens is 525 g/mol. The molecule has 0 amide bonds. The van der Waals surface area contributed by atoms with Gasteiger partial charge in [-0.15, -0.1) is 0 Å². The van der Waals surface area contributed by atoms with Crippen molar-refractivity contribution in [3.05, 3.63) is 86.8 Å². The summed E-state index contributed by atoms with van der Waals surface area (Å²) in [4.78, 5) is 38.0. The van der Waals surface area contributed by atoms with Crippen molar-refractivity contribution in [2.24, 2.45) is 0 Å². The van der Waals surface area contributed by atoms with Gasteiger partial charge in [-0.25, -0.2) is 4.79 Å². The zero-order chi connectivity index (χ0) is 28.0. The van der Waals surface area contributed by atoms with E-state index in [1.165, 1.54) is 49.6 Å². The number of carbonyl (C=O) groups excluding carboxylic acids is 2. The topological polar surface area (TPSA) is 98.4 Å². The predicted molar refractivity (Wildman–Crippen MR) is 133 cm³/mol. The molecule has 1 unspecified atom stereocenters. The van der Waals surface area contributed by atoms with E-state index >= 15 is 0 Å². The van der Waals surface area contributed by atoms with Gasteiger partial charge in [-0.05, 0) is 42.8 Å². The van der Waals surface area contributed by atoms with E-state index in [-0.39, 0.29) is 39.6 Å². The van der Waals surface area contributed by atoms with Gasteiger partial charge in [0.1, 0.15) is 11.8 Å². The molecule has 0 fully saturated rings. The van der Waals surface area contributed by atoms with Gasteiger partial charge < -0.3 is 14.0 Å². The normalized spacial score (nSPS) is 11.9. The number of halogens is 4. The number of esters is 1. The number of methoxy groups -OCH3 is 1. The minimum atomic E-state index is -4.76. The summed E-state index contributed by atoms with van der Waals surface area (Å²) in [5.74, 6) is -1.47. The maximum atomic E-state index is 13.5. The van der Waals surface area contributed by atoms with E-state index in [0.29, 0.717) is 10.1 Å². The number of pyridine rings is 1. The molecule has 1 heterocycles. The number of ketones is 1. The van der Waals surface area contributed by atoms with Crippen LogP contribution in [0.2, 0.25) is 5.02 Å². The first-order valence-corrected chi connectivity index (χ1v) is 11.7. The third kappa shape index (κ3) is 6.81. The summed E-state index contributed by atoms with van der Waals surface area (Å²) < 4.78 is 51.4. The van der Waals surface area contributed by atoms with E-state index in [1.54, 1.807) is 6.92 Å². The largest absolute Gasteiger partial charge is 0.495 e. The fourth-order valence-corrected chi connectivity index (χ4v) is 4.03. The third-order valence-corrected chi connectivity index (χ3v) is 5.87. The molecule has 7 nitrogen and oxygen atoms in total. The molecule has 2 aromatic carbocycles. The second kappa shape index (κ2) is 12.0. The lowest BCUT2D eigenvalue weighted by Gasteiger charge is -2.22. The average molecular weight is 547 g/mol. The van der Waals surface area contributed by atoms with E-state index in [1.807, 2.05) is 6.07 Å². The Morgan fingerprint density at radius 3 is 2.37 bits per heavy atom. The number of Topliss-reactive ketones (excluding diaryl/α,β-unsaturated/α-hetero) is 1. The fourth-order valence-electron chi connectivity index (χ4n) is 3.86. The molecule has 3 rings (SSSR count). The molecule has 0 aliphatic carbocycles. The number of alkyl halides is 3. The zero-order valence-corrected chi connectivity index (χ0v) is 21.1. The van der Waals surface area contributed by atoms with Gasteiger partial charge in [-0.3, -0.25) is 9.59 Å². The second-order valence-electron chi connectivity index (χ2n) is 8.20. The van der Waals surface area contributed by atoms with Crippen molar-refractivity contribution in [3.63, 3.8) is 0 Å². The number of hydrogen-bond donors (Lipinski definition) is 0. The SMILES string of the molecule is CCOC(=O)c1ccc(CC(=O)C(CC(F)(F)F)n2cc(OC)c(-c3cc(Cl)ccc3C#N)cc2=O)cc1. The molecule has 0 aliphatic rings. The maximum absolute atomic E-state index is 13.5. The highest BCUT2D eigenvalue weighted by molar-refractivity contribution is 6.31. The molecule has 0 bridgehead atoms. The van der Waals surface area contributed by atoms with Crippen LogP contribution in [-0.4, -0.2) is 36.2 Å². The average Bonchev–Trinajstić information content (AvgIpc) is 2.87. The van der Waals surface area contributed by atoms with Crippen LogP contribution in [0.1, 0.15) is 40.9 Å². The highest BCUT2D eigenvalue weighted by Crippen LogP contribution is 2.35. The Morgan fingerprint density at radius 2 is 1.79 bits per heavy atom. The van der Waals surface area contributed by atoms with Crippen LogP contribution in [0.25, 0.3) is 11.1 Å². The van der Waals surface area contributed by atoms with Crippen molar-refractivity contribution >= 4 is 23.4 Å². The van der Waals surface area contributed by atoms with E-state index in [4.69, 9.17) is 21.1 Å². The summed E-state index contributed by atoms with van der Waals surface area (Å²) in [6.07, 6.45) is -5.75. The number of ether oxygens (including phenoxy) is 2. The summed E-state index contributed by atoms with van der Waals surface area (Å²) in [6, 6.07) is 11.1. The lowest BCUT2D eigenvalue weighted by atomic mass is 9.98. The molecule has 198 valence electrons. The number of hydrogen-bond acceptors (Lipinski definition) is 6. The van der Waals surface area contributed by atoms with Crippen LogP contribution < -0.4 is 10.3 Å². The molecule has 1 atom stereocenters. The Balaban J connectivity index is 2.02. The highest BCUT2D eigenvalue weighted by Gasteiger charge is 2.37. The van der Waals surface area contributed by atoms with Crippen LogP contribution in [0.3, 0.4) is 0 Å². The Bertz CT molecular complexity index is 1440. The molecule has 1 aromatic heterocycles. The van der Waals surface area contributed by atoms with Gasteiger partial charge in [0.2, 0.25) is 0 Å². The number of nitriles is 1. The van der Waals surface area contributed by atoms with Crippen molar-refractivity contribution in [2.45, 2.75) is 32.0 Å². The molecular formula is C27H22ClF3N2O5. The fraction of sp³-hybridized carbons (Fsp3) is 0.259. The first-order valence-electron chi connectivity index (χ1n) is 11.3. The first-order chi connectivity index (χ1) is 18.0. The Hall–Kier alpha value is -4.10. The van der Waals surface area contributed by atoms with Crippen molar-refractivity contribution in [1.82, 2.24) is 4.57 Å². The van der Waals surface area contributed by atoms with Gasteiger partial charge in [-0.2, -0.15) is 18.4 Å². The molecule has 0 saturated heterocycles. The Morgan fingerprint density at radius 1 is 1.11 bits per heavy atom. The van der Waals surface area contributed by atoms with Crippen molar-refractivity contribution in [1.29, 1.82) is 5.26 Å². The Labute approximate surface area is 221 Å². The summed E-state index contributed by atoms with van der Waals surface area (Å²) in [5.41, 5.74) is 0.236. The smallest absolute Gasteiger partial charge is 0.391 e. The molecule has 0 saturated carbocycles. The Kier molecular flexibility index (Phi) is 8.96. The summed E-state index contributed by atoms with van der Waals surface area (Å²) in [5, 5.41) is 9.72. The monoisotopic (exact) mass is 546 g/mol. The van der Waals surface area contributed by atoms with Gasteiger partial charge in [0.05, 0.1) is 43.5 Å².